The van der Waals surface area contributed by atoms with Gasteiger partial charge in [-0.1, -0.05) is 30.3 Å². The van der Waals surface area contributed by atoms with Crippen molar-refractivity contribution in [2.24, 2.45) is 5.10 Å². The van der Waals surface area contributed by atoms with Gasteiger partial charge in [0, 0.05) is 7.11 Å². The Kier molecular flexibility index (Phi) is 6.33. The highest BCUT2D eigenvalue weighted by Gasteiger charge is 2.19. The fraction of sp³-hybridized carbons (Fsp3) is 0.222. The second-order valence-electron chi connectivity index (χ2n) is 4.88. The minimum atomic E-state index is -0.714. The van der Waals surface area contributed by atoms with E-state index in [0.29, 0.717) is 11.5 Å². The number of ether oxygens (including phenoxy) is 3. The molecule has 0 heterocycles. The van der Waals surface area contributed by atoms with Crippen molar-refractivity contribution in [3.8, 4) is 11.5 Å². The molecule has 126 valence electrons. The van der Waals surface area contributed by atoms with Crippen LogP contribution in [-0.2, 0) is 9.53 Å². The van der Waals surface area contributed by atoms with Crippen LogP contribution in [0.5, 0.6) is 11.5 Å². The molecule has 2 aromatic rings. The van der Waals surface area contributed by atoms with Gasteiger partial charge >= 0.3 is 0 Å². The van der Waals surface area contributed by atoms with Crippen molar-refractivity contribution in [3.63, 3.8) is 0 Å². The van der Waals surface area contributed by atoms with E-state index in [1.165, 1.54) is 13.3 Å². The molecule has 1 atom stereocenters. The van der Waals surface area contributed by atoms with Gasteiger partial charge in [0.1, 0.15) is 0 Å². The Morgan fingerprint density at radius 3 is 2.38 bits per heavy atom. The maximum absolute atomic E-state index is 12.2. The van der Waals surface area contributed by atoms with E-state index in [9.17, 15) is 4.79 Å². The van der Waals surface area contributed by atoms with Crippen LogP contribution in [0.15, 0.2) is 53.6 Å². The third-order valence-electron chi connectivity index (χ3n) is 3.37. The van der Waals surface area contributed by atoms with E-state index in [4.69, 9.17) is 14.2 Å². The second-order valence-corrected chi connectivity index (χ2v) is 4.88. The zero-order chi connectivity index (χ0) is 17.4. The molecule has 1 N–H and O–H groups in total. The molecule has 24 heavy (non-hydrogen) atoms. The summed E-state index contributed by atoms with van der Waals surface area (Å²) in [5, 5.41) is 3.97. The number of hydrogen-bond acceptors (Lipinski definition) is 5. The Bertz CT molecular complexity index is 701. The Labute approximate surface area is 141 Å². The number of carbonyl (C=O) groups is 1. The second kappa shape index (κ2) is 8.69. The van der Waals surface area contributed by atoms with E-state index in [1.807, 2.05) is 36.4 Å². The highest BCUT2D eigenvalue weighted by molar-refractivity contribution is 5.85. The van der Waals surface area contributed by atoms with Gasteiger partial charge in [0.15, 0.2) is 17.6 Å². The molecule has 0 bridgehead atoms. The number of rotatable bonds is 7. The number of methoxy groups -OCH3 is 3. The predicted molar refractivity (Wildman–Crippen MR) is 91.5 cm³/mol. The molecule has 0 aliphatic carbocycles. The molecule has 0 aliphatic rings. The quantitative estimate of drug-likeness (QED) is 0.626. The first-order valence-electron chi connectivity index (χ1n) is 7.32. The maximum atomic E-state index is 12.2. The molecule has 1 amide bonds. The molecule has 0 fully saturated rings. The SMILES string of the molecule is COc1ccc(/C=N/NC(=O)C(OC)c2ccccc2)cc1OC. The third kappa shape index (κ3) is 4.33. The molecule has 0 saturated carbocycles. The van der Waals surface area contributed by atoms with Crippen molar-refractivity contribution in [2.75, 3.05) is 21.3 Å². The van der Waals surface area contributed by atoms with Gasteiger partial charge in [0.25, 0.3) is 5.91 Å². The van der Waals surface area contributed by atoms with Crippen LogP contribution in [0.3, 0.4) is 0 Å². The van der Waals surface area contributed by atoms with Crippen LogP contribution >= 0.6 is 0 Å². The number of amides is 1. The lowest BCUT2D eigenvalue weighted by Gasteiger charge is -2.13. The van der Waals surface area contributed by atoms with Crippen molar-refractivity contribution in [1.29, 1.82) is 0 Å². The summed E-state index contributed by atoms with van der Waals surface area (Å²) in [6.07, 6.45) is 0.811. The number of hydrazone groups is 1. The molecule has 6 nitrogen and oxygen atoms in total. The molecule has 6 heteroatoms. The Balaban J connectivity index is 2.04. The van der Waals surface area contributed by atoms with Gasteiger partial charge in [-0.15, -0.1) is 0 Å². The molecule has 0 aliphatic heterocycles. The minimum Gasteiger partial charge on any atom is -0.493 e. The van der Waals surface area contributed by atoms with E-state index in [2.05, 4.69) is 10.5 Å². The molecule has 1 unspecified atom stereocenters. The standard InChI is InChI=1S/C18H20N2O4/c1-22-15-10-9-13(11-16(15)23-2)12-19-20-18(21)17(24-3)14-7-5-4-6-8-14/h4-12,17H,1-3H3,(H,20,21)/b19-12+. The molecule has 0 radical (unpaired) electrons. The van der Waals surface area contributed by atoms with Gasteiger partial charge in [0.05, 0.1) is 20.4 Å². The summed E-state index contributed by atoms with van der Waals surface area (Å²) < 4.78 is 15.6. The van der Waals surface area contributed by atoms with Gasteiger partial charge in [-0.3, -0.25) is 4.79 Å². The van der Waals surface area contributed by atoms with Crippen LogP contribution in [-0.4, -0.2) is 33.5 Å². The summed E-state index contributed by atoms with van der Waals surface area (Å²) in [6, 6.07) is 14.6. The number of carbonyl (C=O) groups excluding carboxylic acids is 1. The lowest BCUT2D eigenvalue weighted by molar-refractivity contribution is -0.131. The molecule has 0 saturated heterocycles. The smallest absolute Gasteiger partial charge is 0.273 e. The van der Waals surface area contributed by atoms with Gasteiger partial charge < -0.3 is 14.2 Å². The number of hydrogen-bond donors (Lipinski definition) is 1. The Morgan fingerprint density at radius 1 is 1.04 bits per heavy atom. The summed E-state index contributed by atoms with van der Waals surface area (Å²) in [4.78, 5) is 12.2. The minimum absolute atomic E-state index is 0.347. The molecule has 2 aromatic carbocycles. The first-order chi connectivity index (χ1) is 11.7. The normalized spacial score (nSPS) is 12.0. The average molecular weight is 328 g/mol. The van der Waals surface area contributed by atoms with E-state index in [-0.39, 0.29) is 5.91 Å². The molecule has 0 spiro atoms. The van der Waals surface area contributed by atoms with Gasteiger partial charge in [-0.05, 0) is 29.3 Å². The van der Waals surface area contributed by atoms with Crippen molar-refractivity contribution in [2.45, 2.75) is 6.10 Å². The summed E-state index contributed by atoms with van der Waals surface area (Å²) in [7, 11) is 4.61. The fourth-order valence-corrected chi connectivity index (χ4v) is 2.18. The summed E-state index contributed by atoms with van der Waals surface area (Å²) in [5.41, 5.74) is 4.01. The van der Waals surface area contributed by atoms with Gasteiger partial charge in [-0.2, -0.15) is 5.10 Å². The lowest BCUT2D eigenvalue weighted by atomic mass is 10.1. The number of nitrogens with zero attached hydrogens (tertiary/aromatic N) is 1. The van der Waals surface area contributed by atoms with E-state index >= 15 is 0 Å². The molecule has 2 rings (SSSR count). The highest BCUT2D eigenvalue weighted by Crippen LogP contribution is 2.26. The van der Waals surface area contributed by atoms with E-state index in [1.54, 1.807) is 26.4 Å². The number of benzene rings is 2. The van der Waals surface area contributed by atoms with Crippen molar-refractivity contribution >= 4 is 12.1 Å². The molecular weight excluding hydrogens is 308 g/mol. The fourth-order valence-electron chi connectivity index (χ4n) is 2.18. The summed E-state index contributed by atoms with van der Waals surface area (Å²) in [5.74, 6) is 0.870. The Morgan fingerprint density at radius 2 is 1.75 bits per heavy atom. The third-order valence-corrected chi connectivity index (χ3v) is 3.37. The molecular formula is C18H20N2O4. The van der Waals surface area contributed by atoms with Crippen LogP contribution in [0.25, 0.3) is 0 Å². The van der Waals surface area contributed by atoms with Crippen LogP contribution in [0.4, 0.5) is 0 Å². The topological polar surface area (TPSA) is 69.2 Å². The number of nitrogens with one attached hydrogen (secondary N) is 1. The van der Waals surface area contributed by atoms with E-state index in [0.717, 1.165) is 11.1 Å². The summed E-state index contributed by atoms with van der Waals surface area (Å²) in [6.45, 7) is 0. The monoisotopic (exact) mass is 328 g/mol. The van der Waals surface area contributed by atoms with Crippen LogP contribution in [0.2, 0.25) is 0 Å². The van der Waals surface area contributed by atoms with Crippen LogP contribution < -0.4 is 14.9 Å². The predicted octanol–water partition coefficient (Wildman–Crippen LogP) is 2.54. The largest absolute Gasteiger partial charge is 0.493 e. The van der Waals surface area contributed by atoms with Gasteiger partial charge in [0.2, 0.25) is 0 Å². The first kappa shape index (κ1) is 17.5. The summed E-state index contributed by atoms with van der Waals surface area (Å²) >= 11 is 0. The average Bonchev–Trinajstić information content (AvgIpc) is 2.63. The Hall–Kier alpha value is -2.86. The van der Waals surface area contributed by atoms with Crippen molar-refractivity contribution in [1.82, 2.24) is 5.43 Å². The zero-order valence-corrected chi connectivity index (χ0v) is 13.9. The van der Waals surface area contributed by atoms with E-state index < -0.39 is 6.10 Å². The van der Waals surface area contributed by atoms with Crippen LogP contribution in [0, 0.1) is 0 Å². The van der Waals surface area contributed by atoms with Gasteiger partial charge in [-0.25, -0.2) is 5.43 Å². The first-order valence-corrected chi connectivity index (χ1v) is 7.32. The highest BCUT2D eigenvalue weighted by atomic mass is 16.5. The molecule has 0 aromatic heterocycles. The van der Waals surface area contributed by atoms with Crippen molar-refractivity contribution < 1.29 is 19.0 Å². The van der Waals surface area contributed by atoms with Crippen LogP contribution in [0.1, 0.15) is 17.2 Å². The lowest BCUT2D eigenvalue weighted by Crippen LogP contribution is -2.26. The maximum Gasteiger partial charge on any atom is 0.273 e. The van der Waals surface area contributed by atoms with Crippen molar-refractivity contribution in [3.05, 3.63) is 59.7 Å². The zero-order valence-electron chi connectivity index (χ0n) is 13.9.